The van der Waals surface area contributed by atoms with Crippen molar-refractivity contribution in [3.05, 3.63) is 101 Å². The summed E-state index contributed by atoms with van der Waals surface area (Å²) in [5, 5.41) is 14.1. The fourth-order valence-electron chi connectivity index (χ4n) is 4.36. The monoisotopic (exact) mass is 457 g/mol. The number of rotatable bonds is 7. The minimum Gasteiger partial charge on any atom is -0.493 e. The fourth-order valence-corrected chi connectivity index (χ4v) is 4.36. The van der Waals surface area contributed by atoms with Crippen LogP contribution in [0.25, 0.3) is 0 Å². The Bertz CT molecular complexity index is 1010. The van der Waals surface area contributed by atoms with Crippen LogP contribution in [0.5, 0.6) is 5.75 Å². The summed E-state index contributed by atoms with van der Waals surface area (Å²) in [5.41, 5.74) is 2.27. The van der Waals surface area contributed by atoms with Crippen LogP contribution in [0, 0.1) is 17.5 Å². The molecule has 3 unspecified atom stereocenters. The van der Waals surface area contributed by atoms with Crippen molar-refractivity contribution < 1.29 is 27.8 Å². The summed E-state index contributed by atoms with van der Waals surface area (Å²) < 4.78 is 52.2. The van der Waals surface area contributed by atoms with Gasteiger partial charge >= 0.3 is 0 Å². The maximum Gasteiger partial charge on any atom is 0.165 e. The highest BCUT2D eigenvalue weighted by atomic mass is 19.1. The van der Waals surface area contributed by atoms with Gasteiger partial charge in [0.2, 0.25) is 0 Å². The Hall–Kier alpha value is -2.87. The van der Waals surface area contributed by atoms with Gasteiger partial charge in [0.15, 0.2) is 11.6 Å². The van der Waals surface area contributed by atoms with Crippen molar-refractivity contribution in [2.24, 2.45) is 0 Å². The van der Waals surface area contributed by atoms with E-state index in [-0.39, 0.29) is 36.0 Å². The number of hydrogen-bond donors (Lipinski definition) is 2. The second kappa shape index (κ2) is 10.4. The van der Waals surface area contributed by atoms with Gasteiger partial charge in [0, 0.05) is 24.4 Å². The lowest BCUT2D eigenvalue weighted by molar-refractivity contribution is -0.0718. The molecule has 0 radical (unpaired) electrons. The Morgan fingerprint density at radius 1 is 0.970 bits per heavy atom. The number of nitrogens with one attached hydrogen (secondary N) is 1. The quantitative estimate of drug-likeness (QED) is 0.547. The first-order valence-electron chi connectivity index (χ1n) is 10.8. The van der Waals surface area contributed by atoms with Crippen molar-refractivity contribution in [1.82, 2.24) is 5.32 Å². The van der Waals surface area contributed by atoms with E-state index >= 15 is 0 Å². The van der Waals surface area contributed by atoms with Crippen molar-refractivity contribution in [2.45, 2.75) is 37.1 Å². The third-order valence-corrected chi connectivity index (χ3v) is 6.07. The zero-order valence-corrected chi connectivity index (χ0v) is 18.2. The molecule has 1 aliphatic heterocycles. The van der Waals surface area contributed by atoms with E-state index in [1.54, 1.807) is 36.4 Å². The van der Waals surface area contributed by atoms with E-state index in [2.05, 4.69) is 5.32 Å². The highest BCUT2D eigenvalue weighted by Crippen LogP contribution is 2.35. The Balaban J connectivity index is 1.48. The summed E-state index contributed by atoms with van der Waals surface area (Å²) in [6.07, 6.45) is -0.804. The molecule has 1 aliphatic rings. The van der Waals surface area contributed by atoms with Crippen molar-refractivity contribution >= 4 is 0 Å². The van der Waals surface area contributed by atoms with Crippen molar-refractivity contribution in [1.29, 1.82) is 0 Å². The van der Waals surface area contributed by atoms with Gasteiger partial charge in [0.25, 0.3) is 0 Å². The fraction of sp³-hybridized carbons (Fsp3) is 0.308. The molecule has 4 nitrogen and oxygen atoms in total. The third kappa shape index (κ3) is 5.38. The average molecular weight is 457 g/mol. The molecular weight excluding hydrogens is 431 g/mol. The standard InChI is InChI=1S/C26H26F3NO3/c1-32-26-18(3-2-4-21(26)29)14-30-22-15-33-24(13-23(22)31)25(16-5-9-19(27)10-6-16)17-7-11-20(28)12-8-17/h2-12,22-25,30-31H,13-15H2,1H3. The van der Waals surface area contributed by atoms with Gasteiger partial charge in [-0.25, -0.2) is 13.2 Å². The van der Waals surface area contributed by atoms with Crippen LogP contribution in [-0.4, -0.2) is 37.1 Å². The summed E-state index contributed by atoms with van der Waals surface area (Å²) in [4.78, 5) is 0. The van der Waals surface area contributed by atoms with E-state index in [0.717, 1.165) is 11.1 Å². The Morgan fingerprint density at radius 3 is 2.12 bits per heavy atom. The van der Waals surface area contributed by atoms with E-state index in [1.807, 2.05) is 0 Å². The number of ether oxygens (including phenoxy) is 2. The number of halogens is 3. The Labute approximate surface area is 191 Å². The lowest BCUT2D eigenvalue weighted by Crippen LogP contribution is -2.50. The molecule has 1 fully saturated rings. The molecule has 0 amide bonds. The highest BCUT2D eigenvalue weighted by Gasteiger charge is 2.35. The van der Waals surface area contributed by atoms with E-state index in [9.17, 15) is 18.3 Å². The predicted molar refractivity (Wildman–Crippen MR) is 119 cm³/mol. The van der Waals surface area contributed by atoms with Crippen LogP contribution in [0.4, 0.5) is 13.2 Å². The topological polar surface area (TPSA) is 50.7 Å². The zero-order chi connectivity index (χ0) is 23.4. The molecule has 174 valence electrons. The molecule has 0 aliphatic carbocycles. The number of hydrogen-bond acceptors (Lipinski definition) is 4. The molecule has 7 heteroatoms. The van der Waals surface area contributed by atoms with Gasteiger partial charge in [-0.2, -0.15) is 0 Å². The third-order valence-electron chi connectivity index (χ3n) is 6.07. The largest absolute Gasteiger partial charge is 0.493 e. The van der Waals surface area contributed by atoms with E-state index in [1.165, 1.54) is 37.4 Å². The first-order chi connectivity index (χ1) is 16.0. The van der Waals surface area contributed by atoms with Gasteiger partial charge in [-0.15, -0.1) is 0 Å². The predicted octanol–water partition coefficient (Wildman–Crippen LogP) is 4.55. The van der Waals surface area contributed by atoms with E-state index < -0.39 is 18.0 Å². The van der Waals surface area contributed by atoms with E-state index in [0.29, 0.717) is 18.5 Å². The van der Waals surface area contributed by atoms with Gasteiger partial charge in [0.1, 0.15) is 11.6 Å². The van der Waals surface area contributed by atoms with Crippen LogP contribution in [0.15, 0.2) is 66.7 Å². The van der Waals surface area contributed by atoms with Crippen LogP contribution in [-0.2, 0) is 11.3 Å². The van der Waals surface area contributed by atoms with Crippen LogP contribution >= 0.6 is 0 Å². The maximum atomic E-state index is 13.9. The van der Waals surface area contributed by atoms with Gasteiger partial charge in [-0.3, -0.25) is 0 Å². The summed E-state index contributed by atoms with van der Waals surface area (Å²) >= 11 is 0. The summed E-state index contributed by atoms with van der Waals surface area (Å²) in [6.45, 7) is 0.526. The Kier molecular flexibility index (Phi) is 7.33. The van der Waals surface area contributed by atoms with Gasteiger partial charge in [-0.05, 0) is 41.5 Å². The second-order valence-electron chi connectivity index (χ2n) is 8.18. The van der Waals surface area contributed by atoms with Crippen molar-refractivity contribution in [2.75, 3.05) is 13.7 Å². The van der Waals surface area contributed by atoms with Crippen LogP contribution in [0.1, 0.15) is 29.0 Å². The first kappa shape index (κ1) is 23.3. The molecular formula is C26H26F3NO3. The lowest BCUT2D eigenvalue weighted by atomic mass is 9.82. The number of para-hydroxylation sites is 1. The molecule has 1 saturated heterocycles. The van der Waals surface area contributed by atoms with Gasteiger partial charge < -0.3 is 19.9 Å². The molecule has 0 spiro atoms. The minimum absolute atomic E-state index is 0.168. The molecule has 3 atom stereocenters. The Morgan fingerprint density at radius 2 is 1.58 bits per heavy atom. The summed E-state index contributed by atoms with van der Waals surface area (Å²) in [6, 6.07) is 16.6. The van der Waals surface area contributed by atoms with E-state index in [4.69, 9.17) is 9.47 Å². The molecule has 0 saturated carbocycles. The molecule has 1 heterocycles. The summed E-state index contributed by atoms with van der Waals surface area (Å²) in [5.74, 6) is -1.28. The maximum absolute atomic E-state index is 13.9. The van der Waals surface area contributed by atoms with Crippen LogP contribution in [0.3, 0.4) is 0 Å². The minimum atomic E-state index is -0.730. The highest BCUT2D eigenvalue weighted by molar-refractivity contribution is 5.36. The normalized spacial score (nSPS) is 20.7. The molecule has 3 aromatic carbocycles. The molecule has 2 N–H and O–H groups in total. The van der Waals surface area contributed by atoms with Gasteiger partial charge in [0.05, 0.1) is 32.0 Å². The number of methoxy groups -OCH3 is 1. The second-order valence-corrected chi connectivity index (χ2v) is 8.18. The average Bonchev–Trinajstić information content (AvgIpc) is 2.81. The number of aliphatic hydroxyl groups excluding tert-OH is 1. The first-order valence-corrected chi connectivity index (χ1v) is 10.8. The van der Waals surface area contributed by atoms with Crippen LogP contribution < -0.4 is 10.1 Å². The summed E-state index contributed by atoms with van der Waals surface area (Å²) in [7, 11) is 1.41. The van der Waals surface area contributed by atoms with Gasteiger partial charge in [-0.1, -0.05) is 36.4 Å². The SMILES string of the molecule is COc1c(F)cccc1CNC1COC(C(c2ccc(F)cc2)c2ccc(F)cc2)CC1O. The molecule has 4 rings (SSSR count). The molecule has 3 aromatic rings. The lowest BCUT2D eigenvalue weighted by Gasteiger charge is -2.38. The molecule has 33 heavy (non-hydrogen) atoms. The molecule has 0 bridgehead atoms. The zero-order valence-electron chi connectivity index (χ0n) is 18.2. The number of aliphatic hydroxyl groups is 1. The molecule has 0 aromatic heterocycles. The van der Waals surface area contributed by atoms with Crippen molar-refractivity contribution in [3.8, 4) is 5.75 Å². The van der Waals surface area contributed by atoms with Crippen molar-refractivity contribution in [3.63, 3.8) is 0 Å². The van der Waals surface area contributed by atoms with Crippen LogP contribution in [0.2, 0.25) is 0 Å². The smallest absolute Gasteiger partial charge is 0.165 e. The number of benzene rings is 3.